The van der Waals surface area contributed by atoms with Crippen molar-refractivity contribution >= 4 is 5.69 Å². The number of nitrogens with zero attached hydrogens (tertiary/aromatic N) is 2. The lowest BCUT2D eigenvalue weighted by atomic mass is 10.0. The summed E-state index contributed by atoms with van der Waals surface area (Å²) in [5, 5.41) is 14.8. The maximum Gasteiger partial charge on any atom is 0.123 e. The summed E-state index contributed by atoms with van der Waals surface area (Å²) in [6.07, 6.45) is 6.30. The Bertz CT molecular complexity index is 620. The largest absolute Gasteiger partial charge is 0.398 e. The Labute approximate surface area is 123 Å². The van der Waals surface area contributed by atoms with E-state index in [1.54, 1.807) is 0 Å². The highest BCUT2D eigenvalue weighted by Gasteiger charge is 2.19. The van der Waals surface area contributed by atoms with Crippen molar-refractivity contribution in [3.8, 4) is 0 Å². The maximum absolute atomic E-state index is 13.3. The fraction of sp³-hybridized carbons (Fsp3) is 0.438. The van der Waals surface area contributed by atoms with Crippen LogP contribution in [0.15, 0.2) is 30.5 Å². The molecule has 0 spiro atoms. The molecule has 3 N–H and O–H groups in total. The minimum atomic E-state index is -0.840. The van der Waals surface area contributed by atoms with E-state index in [1.807, 2.05) is 16.9 Å². The van der Waals surface area contributed by atoms with Gasteiger partial charge < -0.3 is 10.8 Å². The first kappa shape index (κ1) is 14.1. The Kier molecular flexibility index (Phi) is 3.92. The van der Waals surface area contributed by atoms with Gasteiger partial charge in [-0.3, -0.25) is 4.68 Å². The lowest BCUT2D eigenvalue weighted by Crippen LogP contribution is -2.09. The van der Waals surface area contributed by atoms with Gasteiger partial charge >= 0.3 is 0 Å². The number of aliphatic hydroxyl groups excluding tert-OH is 1. The number of hydrogen-bond donors (Lipinski definition) is 2. The molecule has 4 nitrogen and oxygen atoms in total. The minimum Gasteiger partial charge on any atom is -0.398 e. The molecule has 0 radical (unpaired) electrons. The van der Waals surface area contributed by atoms with Gasteiger partial charge in [-0.25, -0.2) is 4.39 Å². The molecule has 1 atom stereocenters. The van der Waals surface area contributed by atoms with Gasteiger partial charge in [0.1, 0.15) is 5.82 Å². The average molecular weight is 289 g/mol. The van der Waals surface area contributed by atoms with Gasteiger partial charge in [0, 0.05) is 23.9 Å². The third-order valence-corrected chi connectivity index (χ3v) is 4.17. The summed E-state index contributed by atoms with van der Waals surface area (Å²) in [6, 6.07) is 6.45. The molecule has 1 aromatic heterocycles. The molecule has 3 rings (SSSR count). The van der Waals surface area contributed by atoms with Crippen LogP contribution in [0.2, 0.25) is 0 Å². The molecule has 2 aromatic rings. The summed E-state index contributed by atoms with van der Waals surface area (Å²) in [6.45, 7) is 0. The molecule has 5 heteroatoms. The second-order valence-corrected chi connectivity index (χ2v) is 5.72. The molecule has 1 aliphatic rings. The van der Waals surface area contributed by atoms with E-state index in [4.69, 9.17) is 5.73 Å². The summed E-state index contributed by atoms with van der Waals surface area (Å²) >= 11 is 0. The second-order valence-electron chi connectivity index (χ2n) is 5.72. The van der Waals surface area contributed by atoms with Gasteiger partial charge in [0.2, 0.25) is 0 Å². The second kappa shape index (κ2) is 5.85. The van der Waals surface area contributed by atoms with E-state index in [0.29, 0.717) is 23.7 Å². The van der Waals surface area contributed by atoms with Gasteiger partial charge in [-0.15, -0.1) is 0 Å². The first-order valence-corrected chi connectivity index (χ1v) is 7.40. The molecule has 1 unspecified atom stereocenters. The van der Waals surface area contributed by atoms with Crippen molar-refractivity contribution in [3.63, 3.8) is 0 Å². The molecule has 0 bridgehead atoms. The van der Waals surface area contributed by atoms with E-state index in [0.717, 1.165) is 5.69 Å². The van der Waals surface area contributed by atoms with Gasteiger partial charge in [0.15, 0.2) is 0 Å². The van der Waals surface area contributed by atoms with Crippen LogP contribution in [0.3, 0.4) is 0 Å². The highest BCUT2D eigenvalue weighted by molar-refractivity contribution is 5.48. The molecule has 21 heavy (non-hydrogen) atoms. The standard InChI is InChI=1S/C16H20FN3O/c17-11-5-6-15(18)14(9-11)16(21)10-12-7-8-20(19-12)13-3-1-2-4-13/h5-9,13,16,21H,1-4,10,18H2. The number of nitrogens with two attached hydrogens (primary N) is 1. The highest BCUT2D eigenvalue weighted by Crippen LogP contribution is 2.29. The molecule has 0 saturated heterocycles. The van der Waals surface area contributed by atoms with Crippen molar-refractivity contribution < 1.29 is 9.50 Å². The van der Waals surface area contributed by atoms with Gasteiger partial charge in [-0.05, 0) is 37.1 Å². The topological polar surface area (TPSA) is 64.1 Å². The molecule has 0 aliphatic heterocycles. The molecular weight excluding hydrogens is 269 g/mol. The number of rotatable bonds is 4. The first-order valence-electron chi connectivity index (χ1n) is 7.40. The van der Waals surface area contributed by atoms with E-state index in [9.17, 15) is 9.50 Å². The predicted octanol–water partition coefficient (Wildman–Crippen LogP) is 3.00. The van der Waals surface area contributed by atoms with Crippen LogP contribution in [0.5, 0.6) is 0 Å². The van der Waals surface area contributed by atoms with Crippen molar-refractivity contribution in [1.29, 1.82) is 0 Å². The number of aliphatic hydroxyl groups is 1. The van der Waals surface area contributed by atoms with Crippen LogP contribution in [-0.2, 0) is 6.42 Å². The Balaban J connectivity index is 1.72. The zero-order valence-electron chi connectivity index (χ0n) is 11.9. The summed E-state index contributed by atoms with van der Waals surface area (Å²) in [5.41, 5.74) is 7.42. The van der Waals surface area contributed by atoms with Crippen molar-refractivity contribution in [2.24, 2.45) is 0 Å². The number of anilines is 1. The van der Waals surface area contributed by atoms with Crippen molar-refractivity contribution in [2.75, 3.05) is 5.73 Å². The smallest absolute Gasteiger partial charge is 0.123 e. The van der Waals surface area contributed by atoms with Crippen LogP contribution in [0, 0.1) is 5.82 Å². The fourth-order valence-electron chi connectivity index (χ4n) is 3.00. The lowest BCUT2D eigenvalue weighted by Gasteiger charge is -2.13. The van der Waals surface area contributed by atoms with Crippen LogP contribution in [-0.4, -0.2) is 14.9 Å². The molecule has 1 aliphatic carbocycles. The van der Waals surface area contributed by atoms with Crippen LogP contribution in [0.25, 0.3) is 0 Å². The van der Waals surface area contributed by atoms with Crippen LogP contribution in [0.1, 0.15) is 49.1 Å². The molecule has 112 valence electrons. The number of nitrogen functional groups attached to an aromatic ring is 1. The van der Waals surface area contributed by atoms with Crippen molar-refractivity contribution in [2.45, 2.75) is 44.2 Å². The van der Waals surface area contributed by atoms with Crippen molar-refractivity contribution in [3.05, 3.63) is 47.5 Å². The number of halogens is 1. The quantitative estimate of drug-likeness (QED) is 0.850. The predicted molar refractivity (Wildman–Crippen MR) is 79.2 cm³/mol. The first-order chi connectivity index (χ1) is 10.1. The summed E-state index contributed by atoms with van der Waals surface area (Å²) in [5.74, 6) is -0.394. The van der Waals surface area contributed by atoms with Crippen LogP contribution >= 0.6 is 0 Å². The zero-order chi connectivity index (χ0) is 14.8. The van der Waals surface area contributed by atoms with Gasteiger partial charge in [0.25, 0.3) is 0 Å². The minimum absolute atomic E-state index is 0.341. The fourth-order valence-corrected chi connectivity index (χ4v) is 3.00. The van der Waals surface area contributed by atoms with E-state index >= 15 is 0 Å². The van der Waals surface area contributed by atoms with Gasteiger partial charge in [0.05, 0.1) is 17.8 Å². The summed E-state index contributed by atoms with van der Waals surface area (Å²) < 4.78 is 15.3. The van der Waals surface area contributed by atoms with Gasteiger partial charge in [-0.1, -0.05) is 12.8 Å². The Hall–Kier alpha value is -1.88. The maximum atomic E-state index is 13.3. The Morgan fingerprint density at radius 1 is 1.33 bits per heavy atom. The van der Waals surface area contributed by atoms with E-state index in [2.05, 4.69) is 5.10 Å². The molecule has 1 saturated carbocycles. The highest BCUT2D eigenvalue weighted by atomic mass is 19.1. The third-order valence-electron chi connectivity index (χ3n) is 4.17. The number of aromatic nitrogens is 2. The van der Waals surface area contributed by atoms with Crippen LogP contribution in [0.4, 0.5) is 10.1 Å². The molecule has 1 aromatic carbocycles. The number of benzene rings is 1. The molecule has 1 fully saturated rings. The Morgan fingerprint density at radius 3 is 2.86 bits per heavy atom. The summed E-state index contributed by atoms with van der Waals surface area (Å²) in [7, 11) is 0. The normalized spacial score (nSPS) is 17.2. The SMILES string of the molecule is Nc1ccc(F)cc1C(O)Cc1ccn(C2CCCC2)n1. The van der Waals surface area contributed by atoms with E-state index in [1.165, 1.54) is 43.9 Å². The lowest BCUT2D eigenvalue weighted by molar-refractivity contribution is 0.177. The summed E-state index contributed by atoms with van der Waals surface area (Å²) in [4.78, 5) is 0. The van der Waals surface area contributed by atoms with E-state index < -0.39 is 11.9 Å². The molecular formula is C16H20FN3O. The monoisotopic (exact) mass is 289 g/mol. The third kappa shape index (κ3) is 3.08. The van der Waals surface area contributed by atoms with Crippen LogP contribution < -0.4 is 5.73 Å². The average Bonchev–Trinajstić information content (AvgIpc) is 3.11. The van der Waals surface area contributed by atoms with Crippen molar-refractivity contribution in [1.82, 2.24) is 9.78 Å². The molecule has 0 amide bonds. The van der Waals surface area contributed by atoms with E-state index in [-0.39, 0.29) is 0 Å². The number of hydrogen-bond acceptors (Lipinski definition) is 3. The van der Waals surface area contributed by atoms with Gasteiger partial charge in [-0.2, -0.15) is 5.10 Å². The zero-order valence-corrected chi connectivity index (χ0v) is 11.9. The Morgan fingerprint density at radius 2 is 2.10 bits per heavy atom. The molecule has 1 heterocycles.